The molecule has 106 valence electrons. The summed E-state index contributed by atoms with van der Waals surface area (Å²) >= 11 is 11.6. The fourth-order valence-corrected chi connectivity index (χ4v) is 2.70. The number of hydrogen-bond acceptors (Lipinski definition) is 3. The average Bonchev–Trinajstić information content (AvgIpc) is 2.80. The SMILES string of the molecule is COCCn1ncc(Br)c1C(=O)c1ccc(I)c(Cl)c1. The number of carbonyl (C=O) groups is 1. The van der Waals surface area contributed by atoms with Crippen molar-refractivity contribution < 1.29 is 9.53 Å². The highest BCUT2D eigenvalue weighted by Crippen LogP contribution is 2.24. The van der Waals surface area contributed by atoms with Gasteiger partial charge in [-0.15, -0.1) is 0 Å². The normalized spacial score (nSPS) is 10.8. The number of ether oxygens (including phenoxy) is 1. The van der Waals surface area contributed by atoms with Crippen LogP contribution in [0.25, 0.3) is 0 Å². The maximum absolute atomic E-state index is 12.6. The first-order valence-electron chi connectivity index (χ1n) is 5.74. The molecule has 0 bridgehead atoms. The van der Waals surface area contributed by atoms with E-state index in [4.69, 9.17) is 16.3 Å². The summed E-state index contributed by atoms with van der Waals surface area (Å²) in [6.07, 6.45) is 1.61. The topological polar surface area (TPSA) is 44.1 Å². The predicted molar refractivity (Wildman–Crippen MR) is 89.4 cm³/mol. The Hall–Kier alpha value is -0.440. The third kappa shape index (κ3) is 3.41. The number of benzene rings is 1. The van der Waals surface area contributed by atoms with Crippen LogP contribution in [0.1, 0.15) is 16.1 Å². The second-order valence-corrected chi connectivity index (χ2v) is 6.44. The van der Waals surface area contributed by atoms with Crippen molar-refractivity contribution in [3.05, 3.63) is 48.7 Å². The van der Waals surface area contributed by atoms with Gasteiger partial charge in [0.25, 0.3) is 0 Å². The summed E-state index contributed by atoms with van der Waals surface area (Å²) in [5.74, 6) is -0.122. The molecule has 0 fully saturated rings. The van der Waals surface area contributed by atoms with Gasteiger partial charge in [-0.05, 0) is 56.7 Å². The predicted octanol–water partition coefficient (Wildman–Crippen LogP) is 3.78. The molecule has 0 aliphatic carbocycles. The molecule has 2 aromatic rings. The zero-order valence-electron chi connectivity index (χ0n) is 10.6. The Bertz CT molecular complexity index is 645. The highest BCUT2D eigenvalue weighted by molar-refractivity contribution is 14.1. The summed E-state index contributed by atoms with van der Waals surface area (Å²) in [5, 5.41) is 4.74. The molecule has 2 rings (SSSR count). The molecule has 0 saturated heterocycles. The second kappa shape index (κ2) is 7.02. The van der Waals surface area contributed by atoms with Crippen LogP contribution in [-0.2, 0) is 11.3 Å². The minimum atomic E-state index is -0.122. The summed E-state index contributed by atoms with van der Waals surface area (Å²) in [7, 11) is 1.61. The van der Waals surface area contributed by atoms with E-state index in [0.717, 1.165) is 3.57 Å². The number of rotatable bonds is 5. The van der Waals surface area contributed by atoms with E-state index in [9.17, 15) is 4.79 Å². The molecule has 0 aliphatic heterocycles. The van der Waals surface area contributed by atoms with Crippen molar-refractivity contribution in [3.8, 4) is 0 Å². The minimum absolute atomic E-state index is 0.122. The Morgan fingerprint density at radius 1 is 1.55 bits per heavy atom. The highest BCUT2D eigenvalue weighted by atomic mass is 127. The first-order valence-corrected chi connectivity index (χ1v) is 7.99. The van der Waals surface area contributed by atoms with Gasteiger partial charge in [0.05, 0.1) is 28.8 Å². The molecule has 0 aliphatic rings. The highest BCUT2D eigenvalue weighted by Gasteiger charge is 2.19. The maximum Gasteiger partial charge on any atom is 0.212 e. The molecule has 0 N–H and O–H groups in total. The van der Waals surface area contributed by atoms with Gasteiger partial charge in [0.15, 0.2) is 0 Å². The van der Waals surface area contributed by atoms with Gasteiger partial charge in [0.2, 0.25) is 5.78 Å². The second-order valence-electron chi connectivity index (χ2n) is 4.02. The summed E-state index contributed by atoms with van der Waals surface area (Å²) in [4.78, 5) is 12.6. The van der Waals surface area contributed by atoms with E-state index in [0.29, 0.717) is 33.9 Å². The summed E-state index contributed by atoms with van der Waals surface area (Å²) < 4.78 is 8.22. The van der Waals surface area contributed by atoms with E-state index in [1.807, 2.05) is 6.07 Å². The number of carbonyl (C=O) groups excluding carboxylic acids is 1. The molecule has 20 heavy (non-hydrogen) atoms. The van der Waals surface area contributed by atoms with Crippen molar-refractivity contribution in [3.63, 3.8) is 0 Å². The molecule has 1 aromatic heterocycles. The molecule has 1 aromatic carbocycles. The van der Waals surface area contributed by atoms with Crippen molar-refractivity contribution in [1.82, 2.24) is 9.78 Å². The average molecular weight is 470 g/mol. The quantitative estimate of drug-likeness (QED) is 0.495. The largest absolute Gasteiger partial charge is 0.383 e. The van der Waals surface area contributed by atoms with Crippen LogP contribution in [-0.4, -0.2) is 29.3 Å². The number of ketones is 1. The van der Waals surface area contributed by atoms with Crippen molar-refractivity contribution in [2.75, 3.05) is 13.7 Å². The molecule has 0 atom stereocenters. The van der Waals surface area contributed by atoms with Crippen molar-refractivity contribution in [2.24, 2.45) is 0 Å². The van der Waals surface area contributed by atoms with Gasteiger partial charge in [-0.1, -0.05) is 11.6 Å². The maximum atomic E-state index is 12.6. The van der Waals surface area contributed by atoms with Crippen molar-refractivity contribution in [2.45, 2.75) is 6.54 Å². The fraction of sp³-hybridized carbons (Fsp3) is 0.231. The number of methoxy groups -OCH3 is 1. The lowest BCUT2D eigenvalue weighted by Gasteiger charge is -2.07. The van der Waals surface area contributed by atoms with Gasteiger partial charge >= 0.3 is 0 Å². The lowest BCUT2D eigenvalue weighted by Crippen LogP contribution is -2.14. The van der Waals surface area contributed by atoms with Crippen LogP contribution in [0.5, 0.6) is 0 Å². The molecule has 1 heterocycles. The van der Waals surface area contributed by atoms with E-state index in [-0.39, 0.29) is 5.78 Å². The smallest absolute Gasteiger partial charge is 0.212 e. The van der Waals surface area contributed by atoms with E-state index >= 15 is 0 Å². The van der Waals surface area contributed by atoms with Crippen molar-refractivity contribution >= 4 is 55.9 Å². The molecule has 4 nitrogen and oxygen atoms in total. The molecule has 0 spiro atoms. The van der Waals surface area contributed by atoms with E-state index in [1.165, 1.54) is 0 Å². The van der Waals surface area contributed by atoms with Crippen LogP contribution < -0.4 is 0 Å². The Kier molecular flexibility index (Phi) is 5.59. The van der Waals surface area contributed by atoms with Crippen LogP contribution in [0.2, 0.25) is 5.02 Å². The van der Waals surface area contributed by atoms with Gasteiger partial charge in [-0.25, -0.2) is 0 Å². The van der Waals surface area contributed by atoms with Crippen LogP contribution >= 0.6 is 50.1 Å². The standard InChI is InChI=1S/C13H11BrClIN2O2/c1-20-5-4-18-12(9(14)7-17-18)13(19)8-2-3-11(16)10(15)6-8/h2-3,6-7H,4-5H2,1H3. The zero-order valence-corrected chi connectivity index (χ0v) is 15.1. The molecule has 0 unspecified atom stereocenters. The van der Waals surface area contributed by atoms with Gasteiger partial charge in [0, 0.05) is 16.2 Å². The van der Waals surface area contributed by atoms with Crippen LogP contribution in [0.15, 0.2) is 28.9 Å². The lowest BCUT2D eigenvalue weighted by molar-refractivity contribution is 0.102. The van der Waals surface area contributed by atoms with Crippen molar-refractivity contribution in [1.29, 1.82) is 0 Å². The Morgan fingerprint density at radius 2 is 2.30 bits per heavy atom. The third-order valence-corrected chi connectivity index (χ3v) is 4.85. The van der Waals surface area contributed by atoms with Crippen LogP contribution in [0, 0.1) is 3.57 Å². The van der Waals surface area contributed by atoms with Gasteiger partial charge < -0.3 is 4.74 Å². The molecule has 7 heteroatoms. The molecular weight excluding hydrogens is 458 g/mol. The Morgan fingerprint density at radius 3 is 2.95 bits per heavy atom. The summed E-state index contributed by atoms with van der Waals surface area (Å²) in [6, 6.07) is 5.25. The fourth-order valence-electron chi connectivity index (χ4n) is 1.71. The number of aromatic nitrogens is 2. The molecule has 0 amide bonds. The lowest BCUT2D eigenvalue weighted by atomic mass is 10.1. The molecule has 0 saturated carbocycles. The first-order chi connectivity index (χ1) is 9.54. The number of halogens is 3. The van der Waals surface area contributed by atoms with Gasteiger partial charge in [-0.2, -0.15) is 5.10 Å². The van der Waals surface area contributed by atoms with E-state index in [2.05, 4.69) is 43.6 Å². The summed E-state index contributed by atoms with van der Waals surface area (Å²) in [5.41, 5.74) is 1.04. The molecular formula is C13H11BrClIN2O2. The minimum Gasteiger partial charge on any atom is -0.383 e. The number of nitrogens with zero attached hydrogens (tertiary/aromatic N) is 2. The van der Waals surface area contributed by atoms with Gasteiger partial charge in [-0.3, -0.25) is 9.48 Å². The Labute approximate surface area is 143 Å². The Balaban J connectivity index is 2.37. The van der Waals surface area contributed by atoms with Gasteiger partial charge in [0.1, 0.15) is 5.69 Å². The monoisotopic (exact) mass is 468 g/mol. The van der Waals surface area contributed by atoms with E-state index in [1.54, 1.807) is 30.1 Å². The number of hydrogen-bond donors (Lipinski definition) is 0. The summed E-state index contributed by atoms with van der Waals surface area (Å²) in [6.45, 7) is 1.00. The third-order valence-electron chi connectivity index (χ3n) is 2.70. The first kappa shape index (κ1) is 15.9. The van der Waals surface area contributed by atoms with E-state index < -0.39 is 0 Å². The molecule has 0 radical (unpaired) electrons. The zero-order chi connectivity index (χ0) is 14.7. The van der Waals surface area contributed by atoms with Crippen LogP contribution in [0.3, 0.4) is 0 Å². The van der Waals surface area contributed by atoms with Crippen LogP contribution in [0.4, 0.5) is 0 Å².